The van der Waals surface area contributed by atoms with Gasteiger partial charge < -0.3 is 4.74 Å². The predicted octanol–water partition coefficient (Wildman–Crippen LogP) is 0.725. The number of nitrogens with zero attached hydrogens (tertiary/aromatic N) is 1. The number of halogens is 1. The second-order valence-electron chi connectivity index (χ2n) is 2.72. The van der Waals surface area contributed by atoms with E-state index < -0.39 is 15.0 Å². The fourth-order valence-corrected chi connectivity index (χ4v) is 1.66. The Bertz CT molecular complexity index is 471. The molecule has 5 nitrogen and oxygen atoms in total. The molecule has 0 aliphatic heterocycles. The van der Waals surface area contributed by atoms with Crippen LogP contribution < -0.4 is 0 Å². The lowest BCUT2D eigenvalue weighted by molar-refractivity contribution is -0.139. The van der Waals surface area contributed by atoms with Crippen molar-refractivity contribution in [1.29, 1.82) is 0 Å². The molecule has 0 saturated carbocycles. The lowest BCUT2D eigenvalue weighted by atomic mass is 10.2. The van der Waals surface area contributed by atoms with Gasteiger partial charge in [-0.3, -0.25) is 9.78 Å². The molecule has 0 radical (unpaired) electrons. The minimum absolute atomic E-state index is 0.0379. The molecular weight excluding hydrogens is 242 g/mol. The number of esters is 1. The predicted molar refractivity (Wildman–Crippen MR) is 53.0 cm³/mol. The Morgan fingerprint density at radius 2 is 2.20 bits per heavy atom. The Hall–Kier alpha value is -1.14. The van der Waals surface area contributed by atoms with Crippen molar-refractivity contribution in [2.75, 3.05) is 7.11 Å². The van der Waals surface area contributed by atoms with Crippen LogP contribution in [0, 0.1) is 0 Å². The van der Waals surface area contributed by atoms with Gasteiger partial charge in [0.15, 0.2) is 0 Å². The highest BCUT2D eigenvalue weighted by Crippen LogP contribution is 2.14. The summed E-state index contributed by atoms with van der Waals surface area (Å²) in [6.07, 6.45) is 2.45. The van der Waals surface area contributed by atoms with Crippen LogP contribution in [0.4, 0.5) is 0 Å². The summed E-state index contributed by atoms with van der Waals surface area (Å²) in [6.45, 7) is 0. The van der Waals surface area contributed by atoms with Crippen molar-refractivity contribution in [2.45, 2.75) is 11.3 Å². The van der Waals surface area contributed by atoms with Crippen LogP contribution in [0.5, 0.6) is 0 Å². The minimum atomic E-state index is -3.81. The van der Waals surface area contributed by atoms with Gasteiger partial charge in [-0.1, -0.05) is 0 Å². The van der Waals surface area contributed by atoms with Crippen LogP contribution >= 0.6 is 10.7 Å². The number of pyridine rings is 1. The molecule has 0 aromatic carbocycles. The Morgan fingerprint density at radius 1 is 1.53 bits per heavy atom. The van der Waals surface area contributed by atoms with Crippen LogP contribution in [0.1, 0.15) is 5.56 Å². The minimum Gasteiger partial charge on any atom is -0.469 e. The largest absolute Gasteiger partial charge is 0.469 e. The highest BCUT2D eigenvalue weighted by Gasteiger charge is 2.12. The van der Waals surface area contributed by atoms with Crippen molar-refractivity contribution in [1.82, 2.24) is 4.98 Å². The lowest BCUT2D eigenvalue weighted by Crippen LogP contribution is -2.05. The number of rotatable bonds is 3. The van der Waals surface area contributed by atoms with E-state index in [0.29, 0.717) is 5.56 Å². The van der Waals surface area contributed by atoms with Crippen LogP contribution in [0.3, 0.4) is 0 Å². The van der Waals surface area contributed by atoms with Crippen LogP contribution in [-0.2, 0) is 25.0 Å². The van der Waals surface area contributed by atoms with E-state index in [-0.39, 0.29) is 11.3 Å². The topological polar surface area (TPSA) is 73.3 Å². The summed E-state index contributed by atoms with van der Waals surface area (Å²) in [5.41, 5.74) is 0.434. The zero-order chi connectivity index (χ0) is 11.5. The second kappa shape index (κ2) is 4.59. The van der Waals surface area contributed by atoms with E-state index in [1.54, 1.807) is 0 Å². The quantitative estimate of drug-likeness (QED) is 0.583. The average Bonchev–Trinajstić information content (AvgIpc) is 2.17. The van der Waals surface area contributed by atoms with E-state index in [9.17, 15) is 13.2 Å². The lowest BCUT2D eigenvalue weighted by Gasteiger charge is -2.00. The molecule has 0 N–H and O–H groups in total. The van der Waals surface area contributed by atoms with Crippen molar-refractivity contribution in [3.05, 3.63) is 24.0 Å². The number of carbonyl (C=O) groups is 1. The van der Waals surface area contributed by atoms with Gasteiger partial charge in [0.05, 0.1) is 13.5 Å². The monoisotopic (exact) mass is 249 g/mol. The maximum absolute atomic E-state index is 10.9. The highest BCUT2D eigenvalue weighted by molar-refractivity contribution is 8.13. The number of ether oxygens (including phenoxy) is 1. The Kier molecular flexibility index (Phi) is 3.65. The zero-order valence-corrected chi connectivity index (χ0v) is 9.38. The standard InChI is InChI=1S/C8H8ClNO4S/c1-14-8(11)3-6-2-7(5-10-4-6)15(9,12)13/h2,4-5H,3H2,1H3. The molecule has 0 bridgehead atoms. The van der Waals surface area contributed by atoms with Gasteiger partial charge in [-0.25, -0.2) is 8.42 Å². The molecule has 0 fully saturated rings. The maximum atomic E-state index is 10.9. The third-order valence-electron chi connectivity index (χ3n) is 1.63. The molecule has 1 aromatic heterocycles. The van der Waals surface area contributed by atoms with E-state index in [2.05, 4.69) is 9.72 Å². The fraction of sp³-hybridized carbons (Fsp3) is 0.250. The molecule has 82 valence electrons. The van der Waals surface area contributed by atoms with Crippen LogP contribution in [0.15, 0.2) is 23.4 Å². The van der Waals surface area contributed by atoms with E-state index in [1.807, 2.05) is 0 Å². The van der Waals surface area contributed by atoms with Crippen molar-refractivity contribution < 1.29 is 17.9 Å². The molecule has 0 amide bonds. The first-order valence-corrected chi connectivity index (χ1v) is 6.20. The van der Waals surface area contributed by atoms with Crippen molar-refractivity contribution >= 4 is 25.7 Å². The van der Waals surface area contributed by atoms with Crippen molar-refractivity contribution in [3.63, 3.8) is 0 Å². The second-order valence-corrected chi connectivity index (χ2v) is 5.29. The normalized spacial score (nSPS) is 11.1. The summed E-state index contributed by atoms with van der Waals surface area (Å²) in [6, 6.07) is 1.28. The molecule has 0 unspecified atom stereocenters. The number of hydrogen-bond acceptors (Lipinski definition) is 5. The van der Waals surface area contributed by atoms with Crippen LogP contribution in [0.25, 0.3) is 0 Å². The Balaban J connectivity index is 2.99. The summed E-state index contributed by atoms with van der Waals surface area (Å²) in [5, 5.41) is 0. The first kappa shape index (κ1) is 11.9. The molecule has 1 heterocycles. The fourth-order valence-electron chi connectivity index (χ4n) is 0.933. The molecule has 0 atom stereocenters. The summed E-state index contributed by atoms with van der Waals surface area (Å²) in [5.74, 6) is -0.471. The molecule has 1 aromatic rings. The molecule has 0 aliphatic rings. The maximum Gasteiger partial charge on any atom is 0.310 e. The van der Waals surface area contributed by atoms with Crippen molar-refractivity contribution in [2.24, 2.45) is 0 Å². The van der Waals surface area contributed by atoms with E-state index in [1.165, 1.54) is 19.4 Å². The number of carbonyl (C=O) groups excluding carboxylic acids is 1. The van der Waals surface area contributed by atoms with Gasteiger partial charge in [0.2, 0.25) is 0 Å². The molecule has 0 spiro atoms. The summed E-state index contributed by atoms with van der Waals surface area (Å²) < 4.78 is 26.3. The number of hydrogen-bond donors (Lipinski definition) is 0. The molecule has 0 saturated heterocycles. The van der Waals surface area contributed by atoms with Crippen LogP contribution in [-0.4, -0.2) is 26.5 Å². The summed E-state index contributed by atoms with van der Waals surface area (Å²) in [7, 11) is 2.55. The van der Waals surface area contributed by atoms with Gasteiger partial charge >= 0.3 is 5.97 Å². The Labute approximate surface area is 91.5 Å². The third-order valence-corrected chi connectivity index (χ3v) is 2.95. The van der Waals surface area contributed by atoms with E-state index in [4.69, 9.17) is 10.7 Å². The third kappa shape index (κ3) is 3.49. The molecule has 0 aliphatic carbocycles. The SMILES string of the molecule is COC(=O)Cc1cncc(S(=O)(=O)Cl)c1. The smallest absolute Gasteiger partial charge is 0.310 e. The first-order chi connectivity index (χ1) is 6.93. The van der Waals surface area contributed by atoms with Gasteiger partial charge in [-0.05, 0) is 11.6 Å². The van der Waals surface area contributed by atoms with Crippen molar-refractivity contribution in [3.8, 4) is 0 Å². The molecular formula is C8H8ClNO4S. The van der Waals surface area contributed by atoms with E-state index >= 15 is 0 Å². The molecule has 1 rings (SSSR count). The number of aromatic nitrogens is 1. The highest BCUT2D eigenvalue weighted by atomic mass is 35.7. The summed E-state index contributed by atoms with van der Waals surface area (Å²) in [4.78, 5) is 14.4. The van der Waals surface area contributed by atoms with Gasteiger partial charge in [-0.2, -0.15) is 0 Å². The van der Waals surface area contributed by atoms with E-state index in [0.717, 1.165) is 6.20 Å². The number of methoxy groups -OCH3 is 1. The molecule has 15 heavy (non-hydrogen) atoms. The van der Waals surface area contributed by atoms with Gasteiger partial charge in [-0.15, -0.1) is 0 Å². The van der Waals surface area contributed by atoms with Crippen LogP contribution in [0.2, 0.25) is 0 Å². The first-order valence-electron chi connectivity index (χ1n) is 3.89. The summed E-state index contributed by atoms with van der Waals surface area (Å²) >= 11 is 0. The average molecular weight is 250 g/mol. The van der Waals surface area contributed by atoms with Gasteiger partial charge in [0.1, 0.15) is 4.90 Å². The van der Waals surface area contributed by atoms with Gasteiger partial charge in [0.25, 0.3) is 9.05 Å². The zero-order valence-electron chi connectivity index (χ0n) is 7.81. The molecule has 7 heteroatoms. The Morgan fingerprint density at radius 3 is 2.73 bits per heavy atom. The van der Waals surface area contributed by atoms with Gasteiger partial charge in [0, 0.05) is 23.1 Å².